The van der Waals surface area contributed by atoms with Crippen LogP contribution in [0.1, 0.15) is 36.9 Å². The highest BCUT2D eigenvalue weighted by molar-refractivity contribution is 7.89. The Labute approximate surface area is 107 Å². The van der Waals surface area contributed by atoms with E-state index in [0.717, 1.165) is 24.1 Å². The summed E-state index contributed by atoms with van der Waals surface area (Å²) in [7, 11) is -3.47. The van der Waals surface area contributed by atoms with E-state index in [4.69, 9.17) is 0 Å². The lowest BCUT2D eigenvalue weighted by molar-refractivity contribution is 0.573. The molecule has 0 aliphatic heterocycles. The van der Waals surface area contributed by atoms with Crippen molar-refractivity contribution in [2.75, 3.05) is 0 Å². The molecule has 2 saturated carbocycles. The third-order valence-electron chi connectivity index (χ3n) is 3.33. The molecule has 1 aromatic heterocycles. The molecule has 0 aromatic carbocycles. The van der Waals surface area contributed by atoms with E-state index in [1.165, 1.54) is 12.8 Å². The zero-order valence-corrected chi connectivity index (χ0v) is 11.2. The third-order valence-corrected chi connectivity index (χ3v) is 4.82. The fourth-order valence-electron chi connectivity index (χ4n) is 1.87. The first-order valence-corrected chi connectivity index (χ1v) is 7.84. The van der Waals surface area contributed by atoms with Gasteiger partial charge in [-0.2, -0.15) is 5.10 Å². The van der Waals surface area contributed by atoms with Gasteiger partial charge in [0.1, 0.15) is 0 Å². The van der Waals surface area contributed by atoms with Crippen LogP contribution in [0.25, 0.3) is 0 Å². The Hall–Kier alpha value is -0.920. The third kappa shape index (κ3) is 2.57. The van der Waals surface area contributed by atoms with E-state index >= 15 is 0 Å². The van der Waals surface area contributed by atoms with Gasteiger partial charge in [-0.3, -0.25) is 5.10 Å². The van der Waals surface area contributed by atoms with E-state index in [1.807, 2.05) is 6.92 Å². The van der Waals surface area contributed by atoms with Gasteiger partial charge >= 0.3 is 0 Å². The van der Waals surface area contributed by atoms with E-state index in [1.54, 1.807) is 0 Å². The highest BCUT2D eigenvalue weighted by Gasteiger charge is 2.32. The van der Waals surface area contributed by atoms with Gasteiger partial charge < -0.3 is 5.32 Å². The average molecular weight is 270 g/mol. The number of rotatable bonds is 6. The number of aryl methyl sites for hydroxylation is 1. The molecule has 0 atom stereocenters. The van der Waals surface area contributed by atoms with Crippen molar-refractivity contribution >= 4 is 10.0 Å². The Kier molecular flexibility index (Phi) is 2.91. The summed E-state index contributed by atoms with van der Waals surface area (Å²) >= 11 is 0. The zero-order chi connectivity index (χ0) is 12.8. The Morgan fingerprint density at radius 1 is 1.28 bits per heavy atom. The minimum absolute atomic E-state index is 0.108. The number of nitrogens with one attached hydrogen (secondary N) is 3. The van der Waals surface area contributed by atoms with Crippen LogP contribution >= 0.6 is 0 Å². The molecular formula is C11H18N4O2S. The van der Waals surface area contributed by atoms with Crippen molar-refractivity contribution in [2.45, 2.75) is 56.3 Å². The SMILES string of the molecule is Cc1[nH]nc(S(=O)(=O)NC2CC2)c1CNC1CC1. The molecule has 7 heteroatoms. The lowest BCUT2D eigenvalue weighted by Gasteiger charge is -2.07. The Balaban J connectivity index is 1.80. The van der Waals surface area contributed by atoms with Gasteiger partial charge in [-0.15, -0.1) is 0 Å². The lowest BCUT2D eigenvalue weighted by Crippen LogP contribution is -2.28. The highest BCUT2D eigenvalue weighted by atomic mass is 32.2. The molecule has 100 valence electrons. The van der Waals surface area contributed by atoms with Gasteiger partial charge in [0.15, 0.2) is 5.03 Å². The summed E-state index contributed by atoms with van der Waals surface area (Å²) in [5, 5.41) is 10.2. The first kappa shape index (κ1) is 12.1. The van der Waals surface area contributed by atoms with E-state index in [2.05, 4.69) is 20.2 Å². The van der Waals surface area contributed by atoms with Crippen LogP contribution < -0.4 is 10.0 Å². The van der Waals surface area contributed by atoms with E-state index < -0.39 is 10.0 Å². The molecule has 1 aromatic rings. The fraction of sp³-hybridized carbons (Fsp3) is 0.727. The maximum atomic E-state index is 12.2. The van der Waals surface area contributed by atoms with Crippen molar-refractivity contribution in [3.8, 4) is 0 Å². The normalized spacial score (nSPS) is 20.3. The number of hydrogen-bond donors (Lipinski definition) is 3. The average Bonchev–Trinajstić information content (AvgIpc) is 3.19. The summed E-state index contributed by atoms with van der Waals surface area (Å²) < 4.78 is 27.0. The molecular weight excluding hydrogens is 252 g/mol. The maximum absolute atomic E-state index is 12.2. The van der Waals surface area contributed by atoms with Crippen molar-refractivity contribution < 1.29 is 8.42 Å². The smallest absolute Gasteiger partial charge is 0.260 e. The summed E-state index contributed by atoms with van der Waals surface area (Å²) in [6, 6.07) is 0.655. The monoisotopic (exact) mass is 270 g/mol. The standard InChI is InChI=1S/C11H18N4O2S/c1-7-10(6-12-8-2-3-8)11(14-13-7)18(16,17)15-9-4-5-9/h8-9,12,15H,2-6H2,1H3,(H,13,14). The van der Waals surface area contributed by atoms with E-state index in [9.17, 15) is 8.42 Å². The number of hydrogen-bond acceptors (Lipinski definition) is 4. The molecule has 3 N–H and O–H groups in total. The van der Waals surface area contributed by atoms with Crippen molar-refractivity contribution in [1.29, 1.82) is 0 Å². The summed E-state index contributed by atoms with van der Waals surface area (Å²) in [6.07, 6.45) is 4.22. The molecule has 18 heavy (non-hydrogen) atoms. The zero-order valence-electron chi connectivity index (χ0n) is 10.4. The van der Waals surface area contributed by atoms with Crippen LogP contribution in [0.2, 0.25) is 0 Å². The molecule has 0 spiro atoms. The highest BCUT2D eigenvalue weighted by Crippen LogP contribution is 2.25. The molecule has 0 radical (unpaired) electrons. The molecule has 2 aliphatic rings. The molecule has 2 fully saturated rings. The van der Waals surface area contributed by atoms with Gasteiger partial charge in [0.2, 0.25) is 0 Å². The quantitative estimate of drug-likeness (QED) is 0.699. The molecule has 2 aliphatic carbocycles. The predicted molar refractivity (Wildman–Crippen MR) is 66.5 cm³/mol. The molecule has 0 unspecified atom stereocenters. The van der Waals surface area contributed by atoms with Crippen LogP contribution in [-0.2, 0) is 16.6 Å². The van der Waals surface area contributed by atoms with Gasteiger partial charge in [-0.1, -0.05) is 0 Å². The number of H-pyrrole nitrogens is 1. The minimum atomic E-state index is -3.47. The summed E-state index contributed by atoms with van der Waals surface area (Å²) in [5.74, 6) is 0. The van der Waals surface area contributed by atoms with E-state index in [0.29, 0.717) is 12.6 Å². The summed E-state index contributed by atoms with van der Waals surface area (Å²) in [6.45, 7) is 2.42. The van der Waals surface area contributed by atoms with Gasteiger partial charge in [0, 0.05) is 29.9 Å². The van der Waals surface area contributed by atoms with Gasteiger partial charge in [-0.25, -0.2) is 13.1 Å². The number of nitrogens with zero attached hydrogens (tertiary/aromatic N) is 1. The van der Waals surface area contributed by atoms with E-state index in [-0.39, 0.29) is 11.1 Å². The Morgan fingerprint density at radius 3 is 2.56 bits per heavy atom. The van der Waals surface area contributed by atoms with Gasteiger partial charge in [0.25, 0.3) is 10.0 Å². The summed E-state index contributed by atoms with van der Waals surface area (Å²) in [5.41, 5.74) is 1.58. The molecule has 0 saturated heterocycles. The minimum Gasteiger partial charge on any atom is -0.310 e. The largest absolute Gasteiger partial charge is 0.310 e. The van der Waals surface area contributed by atoms with Crippen LogP contribution in [0.5, 0.6) is 0 Å². The summed E-state index contributed by atoms with van der Waals surface area (Å²) in [4.78, 5) is 0. The van der Waals surface area contributed by atoms with Crippen molar-refractivity contribution in [2.24, 2.45) is 0 Å². The second-order valence-electron chi connectivity index (χ2n) is 5.18. The van der Waals surface area contributed by atoms with Crippen molar-refractivity contribution in [3.63, 3.8) is 0 Å². The van der Waals surface area contributed by atoms with Crippen molar-refractivity contribution in [3.05, 3.63) is 11.3 Å². The van der Waals surface area contributed by atoms with Crippen LogP contribution in [0.4, 0.5) is 0 Å². The lowest BCUT2D eigenvalue weighted by atomic mass is 10.2. The van der Waals surface area contributed by atoms with Crippen LogP contribution in [-0.4, -0.2) is 30.7 Å². The topological polar surface area (TPSA) is 86.9 Å². The molecule has 6 nitrogen and oxygen atoms in total. The number of sulfonamides is 1. The molecule has 3 rings (SSSR count). The predicted octanol–water partition coefficient (Wildman–Crippen LogP) is 0.411. The molecule has 0 amide bonds. The van der Waals surface area contributed by atoms with Crippen LogP contribution in [0.15, 0.2) is 5.03 Å². The first-order chi connectivity index (χ1) is 8.56. The van der Waals surface area contributed by atoms with Gasteiger partial charge in [-0.05, 0) is 32.6 Å². The maximum Gasteiger partial charge on any atom is 0.260 e. The second kappa shape index (κ2) is 4.32. The van der Waals surface area contributed by atoms with Crippen LogP contribution in [0, 0.1) is 6.92 Å². The van der Waals surface area contributed by atoms with Gasteiger partial charge in [0.05, 0.1) is 0 Å². The number of aromatic amines is 1. The Bertz CT molecular complexity index is 543. The Morgan fingerprint density at radius 2 is 1.94 bits per heavy atom. The van der Waals surface area contributed by atoms with Crippen molar-refractivity contribution in [1.82, 2.24) is 20.2 Å². The fourth-order valence-corrected chi connectivity index (χ4v) is 3.37. The second-order valence-corrected chi connectivity index (χ2v) is 6.81. The molecule has 1 heterocycles. The molecule has 0 bridgehead atoms. The first-order valence-electron chi connectivity index (χ1n) is 6.36. The van der Waals surface area contributed by atoms with Crippen LogP contribution in [0.3, 0.4) is 0 Å². The number of aromatic nitrogens is 2.